The number of nitrogens with zero attached hydrogens (tertiary/aromatic N) is 2. The number of rotatable bonds is 3. The van der Waals surface area contributed by atoms with Crippen LogP contribution < -0.4 is 5.73 Å². The topological polar surface area (TPSA) is 78.1 Å². The Morgan fingerprint density at radius 2 is 1.95 bits per heavy atom. The minimum Gasteiger partial charge on any atom is -0.464 e. The molecule has 2 aromatic rings. The number of benzene rings is 1. The summed E-state index contributed by atoms with van der Waals surface area (Å²) in [5.41, 5.74) is 5.72. The van der Waals surface area contributed by atoms with E-state index in [1.54, 1.807) is 0 Å². The zero-order valence-corrected chi connectivity index (χ0v) is 12.1. The molecule has 1 aromatic heterocycles. The van der Waals surface area contributed by atoms with Gasteiger partial charge in [0.25, 0.3) is 0 Å². The van der Waals surface area contributed by atoms with Crippen molar-refractivity contribution in [2.75, 3.05) is 12.8 Å². The molecule has 0 aliphatic rings. The first-order valence-electron chi connectivity index (χ1n) is 5.92. The zero-order chi connectivity index (χ0) is 16.4. The van der Waals surface area contributed by atoms with Crippen LogP contribution in [0.4, 0.5) is 14.6 Å². The van der Waals surface area contributed by atoms with Crippen LogP contribution in [0.1, 0.15) is 16.1 Å². The van der Waals surface area contributed by atoms with Gasteiger partial charge >= 0.3 is 5.97 Å². The summed E-state index contributed by atoms with van der Waals surface area (Å²) in [5.74, 6) is -2.95. The Bertz CT molecular complexity index is 758. The molecule has 0 atom stereocenters. The second-order valence-electron chi connectivity index (χ2n) is 4.14. The van der Waals surface area contributed by atoms with E-state index in [0.29, 0.717) is 0 Å². The number of aromatic nitrogens is 2. The molecule has 2 N–H and O–H groups in total. The highest BCUT2D eigenvalue weighted by Crippen LogP contribution is 2.27. The Balaban J connectivity index is 2.69. The molecule has 5 nitrogen and oxygen atoms in total. The number of carbonyl (C=O) groups excluding carboxylic acids is 1. The molecule has 0 aliphatic carbocycles. The number of hydrogen-bond acceptors (Lipinski definition) is 5. The van der Waals surface area contributed by atoms with E-state index < -0.39 is 22.6 Å². The van der Waals surface area contributed by atoms with Gasteiger partial charge < -0.3 is 10.5 Å². The highest BCUT2D eigenvalue weighted by Gasteiger charge is 2.19. The number of ether oxygens (including phenoxy) is 1. The maximum absolute atomic E-state index is 13.5. The average Bonchev–Trinajstić information content (AvgIpc) is 2.50. The summed E-state index contributed by atoms with van der Waals surface area (Å²) >= 11 is 5.42. The van der Waals surface area contributed by atoms with Gasteiger partial charge in [-0.3, -0.25) is 0 Å². The predicted molar refractivity (Wildman–Crippen MR) is 78.2 cm³/mol. The summed E-state index contributed by atoms with van der Waals surface area (Å²) in [6, 6.07) is 1.88. The van der Waals surface area contributed by atoms with E-state index >= 15 is 0 Å². The van der Waals surface area contributed by atoms with Crippen LogP contribution in [0.3, 0.4) is 0 Å². The Morgan fingerprint density at radius 1 is 1.36 bits per heavy atom. The summed E-state index contributed by atoms with van der Waals surface area (Å²) in [7, 11) is 1.16. The Labute approximate surface area is 129 Å². The quantitative estimate of drug-likeness (QED) is 0.693. The van der Waals surface area contributed by atoms with Gasteiger partial charge in [-0.25, -0.2) is 23.5 Å². The fourth-order valence-electron chi connectivity index (χ4n) is 1.75. The molecule has 0 radical (unpaired) electrons. The monoisotopic (exact) mass is 325 g/mol. The number of esters is 1. The van der Waals surface area contributed by atoms with Crippen LogP contribution in [0.15, 0.2) is 18.7 Å². The van der Waals surface area contributed by atoms with Crippen LogP contribution in [0.5, 0.6) is 0 Å². The number of carbonyl (C=O) groups is 1. The standard InChI is InChI=1S/C14H10ClF2N3O2/c1-3-7-11(14(21)22-2)19-13(20-12(7)18)6-4-8(16)10(15)9(17)5-6/h3-5H,1H2,2H3,(H2,18,19,20). The molecular weight excluding hydrogens is 316 g/mol. The van der Waals surface area contributed by atoms with Gasteiger partial charge in [-0.05, 0) is 12.1 Å². The molecule has 8 heteroatoms. The van der Waals surface area contributed by atoms with Crippen LogP contribution in [0, 0.1) is 11.6 Å². The fourth-order valence-corrected chi connectivity index (χ4v) is 1.86. The lowest BCUT2D eigenvalue weighted by molar-refractivity contribution is 0.0594. The fraction of sp³-hybridized carbons (Fsp3) is 0.0714. The zero-order valence-electron chi connectivity index (χ0n) is 11.4. The largest absolute Gasteiger partial charge is 0.464 e. The van der Waals surface area contributed by atoms with E-state index in [0.717, 1.165) is 19.2 Å². The summed E-state index contributed by atoms with van der Waals surface area (Å²) in [5, 5.41) is -0.646. The van der Waals surface area contributed by atoms with Gasteiger partial charge in [0, 0.05) is 11.1 Å². The lowest BCUT2D eigenvalue weighted by Crippen LogP contribution is -2.12. The van der Waals surface area contributed by atoms with Crippen molar-refractivity contribution >= 4 is 29.5 Å². The molecule has 22 heavy (non-hydrogen) atoms. The third-order valence-corrected chi connectivity index (χ3v) is 3.16. The molecule has 0 aliphatic heterocycles. The van der Waals surface area contributed by atoms with Crippen molar-refractivity contribution in [2.24, 2.45) is 0 Å². The summed E-state index contributed by atoms with van der Waals surface area (Å²) < 4.78 is 31.7. The van der Waals surface area contributed by atoms with Gasteiger partial charge in [0.2, 0.25) is 0 Å². The molecular formula is C14H10ClF2N3O2. The van der Waals surface area contributed by atoms with Crippen molar-refractivity contribution in [1.29, 1.82) is 0 Å². The molecule has 0 fully saturated rings. The van der Waals surface area contributed by atoms with Gasteiger partial charge in [-0.2, -0.15) is 0 Å². The second-order valence-corrected chi connectivity index (χ2v) is 4.52. The van der Waals surface area contributed by atoms with Crippen molar-refractivity contribution in [2.45, 2.75) is 0 Å². The van der Waals surface area contributed by atoms with Gasteiger partial charge in [0.1, 0.15) is 22.5 Å². The smallest absolute Gasteiger partial charge is 0.357 e. The number of anilines is 1. The number of halogens is 3. The SMILES string of the molecule is C=Cc1c(N)nc(-c2cc(F)c(Cl)c(F)c2)nc1C(=O)OC. The van der Waals surface area contributed by atoms with E-state index in [-0.39, 0.29) is 28.5 Å². The first-order valence-corrected chi connectivity index (χ1v) is 6.30. The van der Waals surface area contributed by atoms with Gasteiger partial charge in [-0.1, -0.05) is 24.3 Å². The Hall–Kier alpha value is -2.54. The van der Waals surface area contributed by atoms with Crippen LogP contribution in [-0.2, 0) is 4.74 Å². The van der Waals surface area contributed by atoms with Gasteiger partial charge in [-0.15, -0.1) is 0 Å². The third kappa shape index (κ3) is 2.75. The molecule has 0 spiro atoms. The van der Waals surface area contributed by atoms with Crippen LogP contribution in [0.2, 0.25) is 5.02 Å². The summed E-state index contributed by atoms with van der Waals surface area (Å²) in [6.45, 7) is 3.51. The molecule has 0 unspecified atom stereocenters. The Kier molecular flexibility index (Phi) is 4.37. The molecule has 2 rings (SSSR count). The lowest BCUT2D eigenvalue weighted by Gasteiger charge is -2.09. The number of nitrogen functional groups attached to an aromatic ring is 1. The minimum absolute atomic E-state index is 0.0214. The van der Waals surface area contributed by atoms with Crippen LogP contribution >= 0.6 is 11.6 Å². The van der Waals surface area contributed by atoms with Gasteiger partial charge in [0.05, 0.1) is 7.11 Å². The average molecular weight is 326 g/mol. The maximum atomic E-state index is 13.5. The number of methoxy groups -OCH3 is 1. The van der Waals surface area contributed by atoms with Crippen molar-refractivity contribution in [1.82, 2.24) is 9.97 Å². The minimum atomic E-state index is -0.980. The van der Waals surface area contributed by atoms with Crippen molar-refractivity contribution in [3.8, 4) is 11.4 Å². The molecule has 0 amide bonds. The first-order chi connectivity index (χ1) is 10.4. The highest BCUT2D eigenvalue weighted by molar-refractivity contribution is 6.31. The van der Waals surface area contributed by atoms with E-state index in [4.69, 9.17) is 17.3 Å². The van der Waals surface area contributed by atoms with E-state index in [1.807, 2.05) is 0 Å². The first kappa shape index (κ1) is 15.8. The maximum Gasteiger partial charge on any atom is 0.357 e. The van der Waals surface area contributed by atoms with Gasteiger partial charge in [0.15, 0.2) is 11.5 Å². The highest BCUT2D eigenvalue weighted by atomic mass is 35.5. The van der Waals surface area contributed by atoms with Crippen molar-refractivity contribution < 1.29 is 18.3 Å². The van der Waals surface area contributed by atoms with Crippen LogP contribution in [0.25, 0.3) is 17.5 Å². The summed E-state index contributed by atoms with van der Waals surface area (Å²) in [6.07, 6.45) is 1.29. The molecule has 0 saturated carbocycles. The molecule has 0 saturated heterocycles. The molecule has 1 aromatic carbocycles. The van der Waals surface area contributed by atoms with Crippen molar-refractivity contribution in [3.63, 3.8) is 0 Å². The van der Waals surface area contributed by atoms with E-state index in [1.165, 1.54) is 6.08 Å². The third-order valence-electron chi connectivity index (χ3n) is 2.80. The summed E-state index contributed by atoms with van der Waals surface area (Å²) in [4.78, 5) is 19.6. The molecule has 0 bridgehead atoms. The number of hydrogen-bond donors (Lipinski definition) is 1. The number of nitrogens with two attached hydrogens (primary N) is 1. The van der Waals surface area contributed by atoms with E-state index in [2.05, 4.69) is 21.3 Å². The predicted octanol–water partition coefficient (Wildman–Crippen LogP) is 3.09. The second kappa shape index (κ2) is 6.07. The lowest BCUT2D eigenvalue weighted by atomic mass is 10.1. The van der Waals surface area contributed by atoms with Crippen LogP contribution in [-0.4, -0.2) is 23.0 Å². The molecule has 114 valence electrons. The van der Waals surface area contributed by atoms with Crippen molar-refractivity contribution in [3.05, 3.63) is 46.6 Å². The normalized spacial score (nSPS) is 10.4. The van der Waals surface area contributed by atoms with E-state index in [9.17, 15) is 13.6 Å². The molecule has 1 heterocycles. The Morgan fingerprint density at radius 3 is 2.45 bits per heavy atom.